The number of rotatable bonds is 5. The van der Waals surface area contributed by atoms with Gasteiger partial charge in [0, 0.05) is 17.4 Å². The third kappa shape index (κ3) is 5.08. The lowest BCUT2D eigenvalue weighted by Crippen LogP contribution is -2.22. The topological polar surface area (TPSA) is 68.2 Å². The summed E-state index contributed by atoms with van der Waals surface area (Å²) in [7, 11) is 0. The van der Waals surface area contributed by atoms with Crippen LogP contribution in [-0.2, 0) is 13.0 Å². The standard InChI is InChI=1S/C20H23N5.HI/c1-3-16-8-7-9-18(12-16)23-20(21)22-13-17-14-25(24-15(17)2)19-10-5-4-6-11-19;/h4-12,14H,3,13H2,1-2H3,(H3,21,22,23);1H. The van der Waals surface area contributed by atoms with Crippen LogP contribution in [0.1, 0.15) is 23.7 Å². The van der Waals surface area contributed by atoms with Gasteiger partial charge in [0.2, 0.25) is 0 Å². The van der Waals surface area contributed by atoms with Gasteiger partial charge in [0.05, 0.1) is 17.9 Å². The average Bonchev–Trinajstić information content (AvgIpc) is 3.02. The highest BCUT2D eigenvalue weighted by molar-refractivity contribution is 14.0. The van der Waals surface area contributed by atoms with Gasteiger partial charge in [-0.05, 0) is 43.2 Å². The van der Waals surface area contributed by atoms with Crippen molar-refractivity contribution < 1.29 is 0 Å². The largest absolute Gasteiger partial charge is 0.370 e. The number of guanidine groups is 1. The molecular weight excluding hydrogens is 437 g/mol. The van der Waals surface area contributed by atoms with Crippen LogP contribution >= 0.6 is 24.0 Å². The number of benzene rings is 2. The smallest absolute Gasteiger partial charge is 0.193 e. The Hall–Kier alpha value is -2.35. The maximum Gasteiger partial charge on any atom is 0.193 e. The SMILES string of the molecule is CCc1cccc(NC(N)=NCc2cn(-c3ccccc3)nc2C)c1.I. The van der Waals surface area contributed by atoms with Gasteiger partial charge in [-0.25, -0.2) is 9.67 Å². The highest BCUT2D eigenvalue weighted by atomic mass is 127. The monoisotopic (exact) mass is 461 g/mol. The molecule has 6 heteroatoms. The maximum atomic E-state index is 6.02. The normalized spacial score (nSPS) is 11.1. The molecule has 0 aliphatic carbocycles. The van der Waals surface area contributed by atoms with Gasteiger partial charge in [-0.15, -0.1) is 24.0 Å². The molecule has 26 heavy (non-hydrogen) atoms. The summed E-state index contributed by atoms with van der Waals surface area (Å²) in [6.45, 7) is 4.60. The van der Waals surface area contributed by atoms with E-state index in [4.69, 9.17) is 5.73 Å². The van der Waals surface area contributed by atoms with Crippen molar-refractivity contribution in [2.75, 3.05) is 5.32 Å². The minimum absolute atomic E-state index is 0. The molecule has 0 bridgehead atoms. The lowest BCUT2D eigenvalue weighted by atomic mass is 10.1. The van der Waals surface area contributed by atoms with Crippen LogP contribution in [0.3, 0.4) is 0 Å². The molecule has 3 rings (SSSR count). The Labute approximate surface area is 171 Å². The highest BCUT2D eigenvalue weighted by Gasteiger charge is 2.06. The van der Waals surface area contributed by atoms with Crippen LogP contribution in [0.4, 0.5) is 5.69 Å². The highest BCUT2D eigenvalue weighted by Crippen LogP contribution is 2.13. The minimum atomic E-state index is 0. The zero-order valence-electron chi connectivity index (χ0n) is 15.0. The Morgan fingerprint density at radius 1 is 1.15 bits per heavy atom. The fourth-order valence-electron chi connectivity index (χ4n) is 2.59. The predicted octanol–water partition coefficient (Wildman–Crippen LogP) is 4.29. The van der Waals surface area contributed by atoms with Crippen LogP contribution in [-0.4, -0.2) is 15.7 Å². The van der Waals surface area contributed by atoms with Gasteiger partial charge in [0.1, 0.15) is 0 Å². The molecule has 0 spiro atoms. The first-order valence-corrected chi connectivity index (χ1v) is 8.42. The van der Waals surface area contributed by atoms with Crippen molar-refractivity contribution in [2.24, 2.45) is 10.7 Å². The van der Waals surface area contributed by atoms with E-state index in [9.17, 15) is 0 Å². The summed E-state index contributed by atoms with van der Waals surface area (Å²) in [5, 5.41) is 7.70. The first-order chi connectivity index (χ1) is 12.2. The van der Waals surface area contributed by atoms with Crippen molar-refractivity contribution >= 4 is 35.6 Å². The van der Waals surface area contributed by atoms with Crippen LogP contribution in [0.15, 0.2) is 65.8 Å². The number of aliphatic imine (C=N–C) groups is 1. The van der Waals surface area contributed by atoms with E-state index < -0.39 is 0 Å². The number of nitrogens with two attached hydrogens (primary N) is 1. The Balaban J connectivity index is 0.00000243. The van der Waals surface area contributed by atoms with Crippen molar-refractivity contribution in [1.29, 1.82) is 0 Å². The Morgan fingerprint density at radius 2 is 1.92 bits per heavy atom. The fourth-order valence-corrected chi connectivity index (χ4v) is 2.59. The third-order valence-corrected chi connectivity index (χ3v) is 4.05. The summed E-state index contributed by atoms with van der Waals surface area (Å²) >= 11 is 0. The molecule has 0 unspecified atom stereocenters. The second-order valence-corrected chi connectivity index (χ2v) is 5.90. The summed E-state index contributed by atoms with van der Waals surface area (Å²) in [5.74, 6) is 0.403. The molecule has 0 fully saturated rings. The molecule has 3 N–H and O–H groups in total. The molecule has 0 radical (unpaired) electrons. The predicted molar refractivity (Wildman–Crippen MR) is 118 cm³/mol. The van der Waals surface area contributed by atoms with Gasteiger partial charge in [-0.2, -0.15) is 5.10 Å². The Morgan fingerprint density at radius 3 is 2.65 bits per heavy atom. The van der Waals surface area contributed by atoms with Gasteiger partial charge in [0.15, 0.2) is 5.96 Å². The molecule has 0 saturated carbocycles. The number of aryl methyl sites for hydroxylation is 2. The van der Waals surface area contributed by atoms with E-state index in [1.165, 1.54) is 5.56 Å². The molecule has 0 amide bonds. The molecular formula is C20H24IN5. The number of nitrogens with zero attached hydrogens (tertiary/aromatic N) is 3. The van der Waals surface area contributed by atoms with Gasteiger partial charge in [0.25, 0.3) is 0 Å². The number of para-hydroxylation sites is 1. The number of hydrogen-bond acceptors (Lipinski definition) is 2. The molecule has 0 saturated heterocycles. The van der Waals surface area contributed by atoms with Crippen LogP contribution in [0.25, 0.3) is 5.69 Å². The van der Waals surface area contributed by atoms with Crippen molar-refractivity contribution in [1.82, 2.24) is 9.78 Å². The third-order valence-electron chi connectivity index (χ3n) is 4.05. The molecule has 0 atom stereocenters. The van der Waals surface area contributed by atoms with Crippen molar-refractivity contribution in [2.45, 2.75) is 26.8 Å². The number of anilines is 1. The summed E-state index contributed by atoms with van der Waals surface area (Å²) in [6.07, 6.45) is 2.99. The average molecular weight is 461 g/mol. The van der Waals surface area contributed by atoms with E-state index in [-0.39, 0.29) is 24.0 Å². The van der Waals surface area contributed by atoms with E-state index in [0.29, 0.717) is 12.5 Å². The van der Waals surface area contributed by atoms with Crippen LogP contribution in [0.5, 0.6) is 0 Å². The second kappa shape index (κ2) is 9.38. The molecule has 2 aromatic carbocycles. The van der Waals surface area contributed by atoms with Crippen molar-refractivity contribution in [3.8, 4) is 5.69 Å². The lowest BCUT2D eigenvalue weighted by Gasteiger charge is -2.07. The second-order valence-electron chi connectivity index (χ2n) is 5.90. The van der Waals surface area contributed by atoms with Crippen LogP contribution < -0.4 is 11.1 Å². The zero-order chi connectivity index (χ0) is 17.6. The summed E-state index contributed by atoms with van der Waals surface area (Å²) in [4.78, 5) is 4.44. The van der Waals surface area contributed by atoms with E-state index in [1.54, 1.807) is 0 Å². The summed E-state index contributed by atoms with van der Waals surface area (Å²) in [5.41, 5.74) is 11.3. The quantitative estimate of drug-likeness (QED) is 0.339. The minimum Gasteiger partial charge on any atom is -0.370 e. The number of nitrogens with one attached hydrogen (secondary N) is 1. The molecule has 5 nitrogen and oxygen atoms in total. The van der Waals surface area contributed by atoms with Gasteiger partial charge in [-0.3, -0.25) is 0 Å². The van der Waals surface area contributed by atoms with Crippen LogP contribution in [0, 0.1) is 6.92 Å². The van der Waals surface area contributed by atoms with E-state index in [2.05, 4.69) is 34.5 Å². The van der Waals surface area contributed by atoms with E-state index >= 15 is 0 Å². The molecule has 136 valence electrons. The molecule has 0 aliphatic rings. The van der Waals surface area contributed by atoms with Gasteiger partial charge in [-0.1, -0.05) is 37.3 Å². The van der Waals surface area contributed by atoms with Crippen molar-refractivity contribution in [3.63, 3.8) is 0 Å². The first-order valence-electron chi connectivity index (χ1n) is 8.42. The van der Waals surface area contributed by atoms with Crippen LogP contribution in [0.2, 0.25) is 0 Å². The first kappa shape index (κ1) is 20.0. The van der Waals surface area contributed by atoms with Gasteiger partial charge >= 0.3 is 0 Å². The summed E-state index contributed by atoms with van der Waals surface area (Å²) < 4.78 is 1.87. The lowest BCUT2D eigenvalue weighted by molar-refractivity contribution is 0.863. The molecule has 1 aromatic heterocycles. The molecule has 3 aromatic rings. The van der Waals surface area contributed by atoms with E-state index in [1.807, 2.05) is 60.3 Å². The van der Waals surface area contributed by atoms with E-state index in [0.717, 1.165) is 29.1 Å². The summed E-state index contributed by atoms with van der Waals surface area (Å²) in [6, 6.07) is 18.2. The fraction of sp³-hybridized carbons (Fsp3) is 0.200. The Kier molecular flexibility index (Phi) is 7.20. The number of hydrogen-bond donors (Lipinski definition) is 2. The van der Waals surface area contributed by atoms with Gasteiger partial charge < -0.3 is 11.1 Å². The molecule has 1 heterocycles. The number of aromatic nitrogens is 2. The number of halogens is 1. The van der Waals surface area contributed by atoms with Crippen molar-refractivity contribution in [3.05, 3.63) is 77.6 Å². The molecule has 0 aliphatic heterocycles. The zero-order valence-corrected chi connectivity index (χ0v) is 17.3. The Bertz CT molecular complexity index is 871. The maximum absolute atomic E-state index is 6.02.